The highest BCUT2D eigenvalue weighted by Gasteiger charge is 2.21. The van der Waals surface area contributed by atoms with Crippen LogP contribution >= 0.6 is 12.2 Å². The SMILES string of the molecule is Cc1ccc(N(CC(=O)O)CC(=O)O)c(OCCOc2cc3c(cc2N)=NC(=Cc2c(O)n(CC(=O)O)c(=S)n2CC(=O)O)C=3)c1. The number of anilines is 2. The number of aromatic nitrogens is 2. The zero-order chi connectivity index (χ0) is 33.7. The normalized spacial score (nSPS) is 12.6. The number of hydrogen-bond donors (Lipinski definition) is 6. The molecule has 46 heavy (non-hydrogen) atoms. The van der Waals surface area contributed by atoms with Crippen LogP contribution in [0.4, 0.5) is 11.4 Å². The van der Waals surface area contributed by atoms with Crippen molar-refractivity contribution >= 4 is 59.6 Å². The third kappa shape index (κ3) is 7.81. The van der Waals surface area contributed by atoms with Crippen molar-refractivity contribution in [3.8, 4) is 17.4 Å². The Labute approximate surface area is 264 Å². The summed E-state index contributed by atoms with van der Waals surface area (Å²) in [6, 6.07) is 8.12. The number of fused-ring (bicyclic) bond motifs is 1. The molecule has 2 heterocycles. The number of aromatic hydroxyl groups is 1. The lowest BCUT2D eigenvalue weighted by molar-refractivity contribution is -0.138. The first-order chi connectivity index (χ1) is 21.7. The minimum atomic E-state index is -1.28. The number of carboxylic acids is 4. The third-order valence-electron chi connectivity index (χ3n) is 6.53. The van der Waals surface area contributed by atoms with E-state index in [1.807, 2.05) is 0 Å². The lowest BCUT2D eigenvalue weighted by atomic mass is 10.2. The summed E-state index contributed by atoms with van der Waals surface area (Å²) in [6.07, 6.45) is 2.99. The first-order valence-corrected chi connectivity index (χ1v) is 13.9. The number of nitrogen functional groups attached to an aromatic ring is 1. The molecule has 1 aliphatic rings. The molecule has 0 radical (unpaired) electrons. The van der Waals surface area contributed by atoms with Crippen LogP contribution in [0.1, 0.15) is 11.3 Å². The van der Waals surface area contributed by atoms with Crippen molar-refractivity contribution in [3.05, 3.63) is 62.6 Å². The van der Waals surface area contributed by atoms with Gasteiger partial charge in [-0.2, -0.15) is 0 Å². The van der Waals surface area contributed by atoms with Crippen LogP contribution in [0.25, 0.3) is 12.2 Å². The molecule has 0 spiro atoms. The molecule has 16 nitrogen and oxygen atoms in total. The minimum Gasteiger partial charge on any atom is -0.493 e. The number of aliphatic carboxylic acids is 4. The summed E-state index contributed by atoms with van der Waals surface area (Å²) in [5, 5.41) is 48.7. The van der Waals surface area contributed by atoms with Crippen molar-refractivity contribution in [2.45, 2.75) is 20.0 Å². The molecule has 0 saturated heterocycles. The van der Waals surface area contributed by atoms with Gasteiger partial charge in [-0.1, -0.05) is 6.07 Å². The lowest BCUT2D eigenvalue weighted by Crippen LogP contribution is -2.34. The van der Waals surface area contributed by atoms with E-state index in [1.54, 1.807) is 43.3 Å². The highest BCUT2D eigenvalue weighted by Crippen LogP contribution is 2.30. The van der Waals surface area contributed by atoms with Crippen LogP contribution in [0.2, 0.25) is 0 Å². The number of hydrogen-bond acceptors (Lipinski definition) is 11. The van der Waals surface area contributed by atoms with Crippen LogP contribution in [-0.4, -0.2) is 84.8 Å². The van der Waals surface area contributed by atoms with Crippen LogP contribution in [-0.2, 0) is 32.3 Å². The van der Waals surface area contributed by atoms with E-state index < -0.39 is 55.9 Å². The van der Waals surface area contributed by atoms with Gasteiger partial charge in [0.25, 0.3) is 0 Å². The topological polar surface area (TPSA) is 239 Å². The summed E-state index contributed by atoms with van der Waals surface area (Å²) in [4.78, 5) is 50.9. The predicted octanol–water partition coefficient (Wildman–Crippen LogP) is 0.673. The van der Waals surface area contributed by atoms with Gasteiger partial charge in [-0.25, -0.2) is 4.99 Å². The van der Waals surface area contributed by atoms with Crippen molar-refractivity contribution in [1.29, 1.82) is 0 Å². The summed E-state index contributed by atoms with van der Waals surface area (Å²) in [6.45, 7) is -0.588. The Morgan fingerprint density at radius 1 is 0.913 bits per heavy atom. The number of rotatable bonds is 15. The molecule has 0 unspecified atom stereocenters. The van der Waals surface area contributed by atoms with E-state index >= 15 is 0 Å². The van der Waals surface area contributed by atoms with Gasteiger partial charge in [-0.15, -0.1) is 0 Å². The standard InChI is InChI=1S/C29H29N5O11S/c1-15-2-3-20(32(11-24(35)36)12-25(37)38)23(6-15)45-5-4-44-22-8-16-7-17(31-19(16)10-18(22)30)9-21-28(43)34(14-27(41)42)29(46)33(21)13-26(39)40/h2-3,6-10,43H,4-5,11-14,30H2,1H3,(H,35,36)(H,37,38)(H,39,40)(H,41,42). The average molecular weight is 656 g/mol. The molecule has 7 N–H and O–H groups in total. The van der Waals surface area contributed by atoms with E-state index in [0.717, 1.165) is 14.7 Å². The number of benzene rings is 2. The number of imidazole rings is 1. The van der Waals surface area contributed by atoms with Crippen LogP contribution in [0, 0.1) is 11.7 Å². The molecule has 0 amide bonds. The van der Waals surface area contributed by atoms with Crippen molar-refractivity contribution in [2.75, 3.05) is 36.9 Å². The fourth-order valence-electron chi connectivity index (χ4n) is 4.64. The Morgan fingerprint density at radius 2 is 1.52 bits per heavy atom. The molecule has 0 aliphatic carbocycles. The number of carboxylic acid groups (broad SMARTS) is 4. The number of ether oxygens (including phenoxy) is 2. The lowest BCUT2D eigenvalue weighted by Gasteiger charge is -2.24. The first kappa shape index (κ1) is 33.1. The molecule has 0 atom stereocenters. The maximum Gasteiger partial charge on any atom is 0.323 e. The summed E-state index contributed by atoms with van der Waals surface area (Å²) >= 11 is 5.20. The number of nitrogens with two attached hydrogens (primary N) is 1. The van der Waals surface area contributed by atoms with E-state index in [1.165, 1.54) is 11.0 Å². The Hall–Kier alpha value is -5.84. The second kappa shape index (κ2) is 13.9. The average Bonchev–Trinajstić information content (AvgIpc) is 3.43. The largest absolute Gasteiger partial charge is 0.493 e. The number of carbonyl (C=O) groups is 4. The zero-order valence-electron chi connectivity index (χ0n) is 24.2. The fourth-order valence-corrected chi connectivity index (χ4v) is 4.96. The number of nitrogens with zero attached hydrogens (tertiary/aromatic N) is 4. The molecule has 4 rings (SSSR count). The van der Waals surface area contributed by atoms with Crippen LogP contribution < -0.4 is 30.7 Å². The van der Waals surface area contributed by atoms with Crippen molar-refractivity contribution in [1.82, 2.24) is 9.13 Å². The third-order valence-corrected chi connectivity index (χ3v) is 6.97. The molecule has 1 aromatic heterocycles. The van der Waals surface area contributed by atoms with Gasteiger partial charge in [0, 0.05) is 5.22 Å². The second-order valence-electron chi connectivity index (χ2n) is 10.0. The molecule has 242 valence electrons. The van der Waals surface area contributed by atoms with Crippen LogP contribution in [0.5, 0.6) is 17.4 Å². The van der Waals surface area contributed by atoms with Gasteiger partial charge in [0.05, 0.1) is 22.4 Å². The maximum atomic E-state index is 11.4. The summed E-state index contributed by atoms with van der Waals surface area (Å²) in [5.41, 5.74) is 7.77. The first-order valence-electron chi connectivity index (χ1n) is 13.5. The quantitative estimate of drug-likeness (QED) is 0.0750. The molecule has 0 bridgehead atoms. The minimum absolute atomic E-state index is 0.000199. The number of aryl methyl sites for hydroxylation is 1. The maximum absolute atomic E-state index is 11.4. The van der Waals surface area contributed by atoms with E-state index in [-0.39, 0.29) is 35.1 Å². The molecule has 0 saturated carbocycles. The van der Waals surface area contributed by atoms with E-state index in [4.69, 9.17) is 27.4 Å². The zero-order valence-corrected chi connectivity index (χ0v) is 25.1. The predicted molar refractivity (Wildman–Crippen MR) is 164 cm³/mol. The van der Waals surface area contributed by atoms with E-state index in [9.17, 15) is 44.7 Å². The summed E-state index contributed by atoms with van der Waals surface area (Å²) in [5.74, 6) is -4.91. The van der Waals surface area contributed by atoms with E-state index in [0.29, 0.717) is 27.7 Å². The van der Waals surface area contributed by atoms with Gasteiger partial charge in [0.15, 0.2) is 4.77 Å². The van der Waals surface area contributed by atoms with Crippen molar-refractivity contribution in [3.63, 3.8) is 0 Å². The van der Waals surface area contributed by atoms with Gasteiger partial charge in [0.1, 0.15) is 56.6 Å². The van der Waals surface area contributed by atoms with Crippen LogP contribution in [0.15, 0.2) is 41.0 Å². The molecular weight excluding hydrogens is 626 g/mol. The highest BCUT2D eigenvalue weighted by molar-refractivity contribution is 7.71. The van der Waals surface area contributed by atoms with Gasteiger partial charge in [0.2, 0.25) is 5.88 Å². The Kier molecular flexibility index (Phi) is 9.96. The van der Waals surface area contributed by atoms with Gasteiger partial charge in [-0.05, 0) is 61.1 Å². The van der Waals surface area contributed by atoms with Gasteiger partial charge < -0.3 is 50.2 Å². The molecule has 17 heteroatoms. The molecule has 2 aromatic carbocycles. The Balaban J connectivity index is 1.53. The molecule has 3 aromatic rings. The smallest absolute Gasteiger partial charge is 0.323 e. The summed E-state index contributed by atoms with van der Waals surface area (Å²) < 4.78 is 13.5. The Bertz CT molecular complexity index is 1930. The highest BCUT2D eigenvalue weighted by atomic mass is 32.1. The molecule has 0 fully saturated rings. The van der Waals surface area contributed by atoms with Gasteiger partial charge in [-0.3, -0.25) is 23.7 Å². The number of allylic oxidation sites excluding steroid dienone is 1. The Morgan fingerprint density at radius 3 is 2.13 bits per heavy atom. The summed E-state index contributed by atoms with van der Waals surface area (Å²) in [7, 11) is 0. The van der Waals surface area contributed by atoms with Gasteiger partial charge >= 0.3 is 23.9 Å². The van der Waals surface area contributed by atoms with Crippen molar-refractivity contribution < 1.29 is 54.2 Å². The van der Waals surface area contributed by atoms with Crippen molar-refractivity contribution in [2.24, 2.45) is 4.99 Å². The molecular formula is C29H29N5O11S. The molecule has 1 aliphatic heterocycles. The van der Waals surface area contributed by atoms with Crippen LogP contribution in [0.3, 0.4) is 0 Å². The second-order valence-corrected chi connectivity index (χ2v) is 10.4. The monoisotopic (exact) mass is 655 g/mol. The van der Waals surface area contributed by atoms with E-state index in [2.05, 4.69) is 4.99 Å². The fraction of sp³-hybridized carbons (Fsp3) is 0.241.